The number of carbonyl (C=O) groups is 1. The molecule has 0 saturated heterocycles. The van der Waals surface area contributed by atoms with Crippen molar-refractivity contribution in [1.82, 2.24) is 30.0 Å². The van der Waals surface area contributed by atoms with Gasteiger partial charge in [-0.1, -0.05) is 23.2 Å². The second-order valence-electron chi connectivity index (χ2n) is 8.33. The van der Waals surface area contributed by atoms with E-state index in [-0.39, 0.29) is 27.3 Å². The molecule has 2 aromatic heterocycles. The van der Waals surface area contributed by atoms with Crippen LogP contribution in [0.5, 0.6) is 0 Å². The number of sulfone groups is 1. The smallest absolute Gasteiger partial charge is 0.252 e. The van der Waals surface area contributed by atoms with Crippen LogP contribution in [0.1, 0.15) is 66.6 Å². The maximum absolute atomic E-state index is 13.0. The molecule has 0 spiro atoms. The Labute approximate surface area is 200 Å². The van der Waals surface area contributed by atoms with E-state index in [4.69, 9.17) is 23.2 Å². The van der Waals surface area contributed by atoms with Crippen LogP contribution < -0.4 is 5.32 Å². The fraction of sp³-hybridized carbons (Fsp3) is 0.381. The van der Waals surface area contributed by atoms with Crippen molar-refractivity contribution in [3.8, 4) is 5.95 Å². The van der Waals surface area contributed by atoms with Crippen LogP contribution in [0.15, 0.2) is 35.5 Å². The van der Waals surface area contributed by atoms with Crippen molar-refractivity contribution in [3.63, 3.8) is 0 Å². The Balaban J connectivity index is 1.43. The molecule has 1 atom stereocenters. The van der Waals surface area contributed by atoms with Crippen molar-refractivity contribution < 1.29 is 13.2 Å². The zero-order valence-electron chi connectivity index (χ0n) is 17.6. The Kier molecular flexibility index (Phi) is 5.62. The normalized spacial score (nSPS) is 17.1. The number of halogens is 2. The summed E-state index contributed by atoms with van der Waals surface area (Å²) in [5.74, 6) is 1.22. The lowest BCUT2D eigenvalue weighted by Crippen LogP contribution is -2.29. The average Bonchev–Trinajstić information content (AvgIpc) is 3.70. The third-order valence-corrected chi connectivity index (χ3v) is 8.20. The summed E-state index contributed by atoms with van der Waals surface area (Å²) in [4.78, 5) is 26.1. The van der Waals surface area contributed by atoms with Gasteiger partial charge in [0, 0.05) is 16.5 Å². The van der Waals surface area contributed by atoms with Gasteiger partial charge in [0.2, 0.25) is 0 Å². The van der Waals surface area contributed by atoms with Gasteiger partial charge in [-0.2, -0.15) is 4.68 Å². The Morgan fingerprint density at radius 1 is 1.09 bits per heavy atom. The van der Waals surface area contributed by atoms with Crippen LogP contribution in [-0.4, -0.2) is 44.3 Å². The maximum Gasteiger partial charge on any atom is 0.252 e. The highest BCUT2D eigenvalue weighted by Gasteiger charge is 2.37. The Morgan fingerprint density at radius 2 is 1.79 bits per heavy atom. The highest BCUT2D eigenvalue weighted by atomic mass is 35.5. The molecule has 33 heavy (non-hydrogen) atoms. The van der Waals surface area contributed by atoms with Crippen molar-refractivity contribution in [3.05, 3.63) is 57.9 Å². The van der Waals surface area contributed by atoms with Crippen molar-refractivity contribution in [2.45, 2.75) is 54.7 Å². The number of carbonyl (C=O) groups excluding carboxylic acids is 1. The molecule has 1 N–H and O–H groups in total. The van der Waals surface area contributed by atoms with E-state index >= 15 is 0 Å². The van der Waals surface area contributed by atoms with E-state index in [1.54, 1.807) is 6.92 Å². The van der Waals surface area contributed by atoms with E-state index in [0.717, 1.165) is 12.8 Å². The number of amides is 1. The molecule has 2 heterocycles. The van der Waals surface area contributed by atoms with Crippen LogP contribution >= 0.6 is 23.2 Å². The predicted octanol–water partition coefficient (Wildman–Crippen LogP) is 3.67. The molecule has 0 aliphatic heterocycles. The minimum Gasteiger partial charge on any atom is -0.342 e. The minimum absolute atomic E-state index is 0.0593. The quantitative estimate of drug-likeness (QED) is 0.518. The Bertz CT molecular complexity index is 1330. The van der Waals surface area contributed by atoms with Crippen molar-refractivity contribution in [2.24, 2.45) is 0 Å². The molecule has 9 nitrogen and oxygen atoms in total. The monoisotopic (exact) mass is 506 g/mol. The van der Waals surface area contributed by atoms with Crippen LogP contribution in [0.4, 0.5) is 0 Å². The lowest BCUT2D eigenvalue weighted by molar-refractivity contribution is 0.0937. The summed E-state index contributed by atoms with van der Waals surface area (Å²) in [6.07, 6.45) is 6.18. The molecule has 2 saturated carbocycles. The van der Waals surface area contributed by atoms with Crippen molar-refractivity contribution >= 4 is 38.9 Å². The summed E-state index contributed by atoms with van der Waals surface area (Å²) in [7, 11) is -3.49. The van der Waals surface area contributed by atoms with Gasteiger partial charge in [-0.05, 0) is 50.8 Å². The molecule has 12 heteroatoms. The van der Waals surface area contributed by atoms with Gasteiger partial charge in [0.25, 0.3) is 11.9 Å². The molecule has 0 unspecified atom stereocenters. The molecule has 172 valence electrons. The van der Waals surface area contributed by atoms with Gasteiger partial charge in [-0.15, -0.1) is 5.10 Å². The molecule has 3 aromatic rings. The first kappa shape index (κ1) is 22.2. The van der Waals surface area contributed by atoms with Crippen molar-refractivity contribution in [1.29, 1.82) is 0 Å². The summed E-state index contributed by atoms with van der Waals surface area (Å²) in [6, 6.07) is 3.62. The maximum atomic E-state index is 13.0. The lowest BCUT2D eigenvalue weighted by Gasteiger charge is -2.14. The molecule has 0 radical (unpaired) electrons. The standard InChI is InChI=1S/C21H20Cl2N6O3S/c1-11(19-27-18(12-2-3-12)28-29(19)21-24-9-15(23)10-25-21)26-20(30)13-6-14(22)8-17(7-13)33(31,32)16-4-5-16/h6-12,16H,2-5H2,1H3,(H,26,30)/t11-/m0/s1. The first-order valence-corrected chi connectivity index (χ1v) is 12.8. The Morgan fingerprint density at radius 3 is 2.42 bits per heavy atom. The SMILES string of the molecule is C[C@H](NC(=O)c1cc(Cl)cc(S(=O)(=O)C2CC2)c1)c1nc(C2CC2)nn1-c1ncc(Cl)cn1. The van der Waals surface area contributed by atoms with Crippen LogP contribution in [0, 0.1) is 0 Å². The van der Waals surface area contributed by atoms with Gasteiger partial charge in [0.05, 0.1) is 33.6 Å². The van der Waals surface area contributed by atoms with Gasteiger partial charge in [-0.3, -0.25) is 4.79 Å². The van der Waals surface area contributed by atoms with E-state index in [2.05, 4.69) is 25.4 Å². The van der Waals surface area contributed by atoms with Gasteiger partial charge in [0.15, 0.2) is 21.5 Å². The minimum atomic E-state index is -3.49. The van der Waals surface area contributed by atoms with E-state index < -0.39 is 27.0 Å². The summed E-state index contributed by atoms with van der Waals surface area (Å²) in [5, 5.41) is 7.58. The first-order valence-electron chi connectivity index (χ1n) is 10.5. The molecular formula is C21H20Cl2N6O3S. The largest absolute Gasteiger partial charge is 0.342 e. The zero-order chi connectivity index (χ0) is 23.3. The second kappa shape index (κ2) is 8.34. The third kappa shape index (κ3) is 4.60. The highest BCUT2D eigenvalue weighted by Crippen LogP contribution is 2.39. The molecule has 2 aliphatic carbocycles. The van der Waals surface area contributed by atoms with Gasteiger partial charge in [-0.25, -0.2) is 23.4 Å². The van der Waals surface area contributed by atoms with E-state index in [1.807, 2.05) is 0 Å². The molecule has 2 aliphatic rings. The summed E-state index contributed by atoms with van der Waals surface area (Å²) < 4.78 is 26.8. The van der Waals surface area contributed by atoms with Crippen molar-refractivity contribution in [2.75, 3.05) is 0 Å². The molecule has 1 amide bonds. The lowest BCUT2D eigenvalue weighted by atomic mass is 10.2. The molecule has 2 fully saturated rings. The Hall–Kier alpha value is -2.56. The van der Waals surface area contributed by atoms with E-state index in [0.29, 0.717) is 29.5 Å². The third-order valence-electron chi connectivity index (χ3n) is 5.55. The van der Waals surface area contributed by atoms with Crippen LogP contribution in [-0.2, 0) is 9.84 Å². The van der Waals surface area contributed by atoms with Gasteiger partial charge < -0.3 is 5.32 Å². The number of nitrogens with one attached hydrogen (secondary N) is 1. The molecular weight excluding hydrogens is 487 g/mol. The zero-order valence-corrected chi connectivity index (χ0v) is 19.9. The van der Waals surface area contributed by atoms with Gasteiger partial charge >= 0.3 is 0 Å². The summed E-state index contributed by atoms with van der Waals surface area (Å²) in [5.41, 5.74) is 0.157. The number of hydrogen-bond acceptors (Lipinski definition) is 7. The number of benzene rings is 1. The fourth-order valence-corrected chi connectivity index (χ4v) is 5.59. The number of rotatable bonds is 7. The topological polar surface area (TPSA) is 120 Å². The molecule has 5 rings (SSSR count). The summed E-state index contributed by atoms with van der Waals surface area (Å²) in [6.45, 7) is 1.76. The second-order valence-corrected chi connectivity index (χ2v) is 11.4. The predicted molar refractivity (Wildman–Crippen MR) is 121 cm³/mol. The molecule has 0 bridgehead atoms. The number of aromatic nitrogens is 5. The highest BCUT2D eigenvalue weighted by molar-refractivity contribution is 7.92. The van der Waals surface area contributed by atoms with Crippen LogP contribution in [0.2, 0.25) is 10.0 Å². The summed E-state index contributed by atoms with van der Waals surface area (Å²) >= 11 is 12.0. The average molecular weight is 507 g/mol. The number of nitrogens with zero attached hydrogens (tertiary/aromatic N) is 5. The first-order chi connectivity index (χ1) is 15.7. The fourth-order valence-electron chi connectivity index (χ4n) is 3.47. The van der Waals surface area contributed by atoms with E-state index in [1.165, 1.54) is 35.3 Å². The van der Waals surface area contributed by atoms with Gasteiger partial charge in [0.1, 0.15) is 0 Å². The van der Waals surface area contributed by atoms with Crippen LogP contribution in [0.3, 0.4) is 0 Å². The number of hydrogen-bond donors (Lipinski definition) is 1. The van der Waals surface area contributed by atoms with E-state index in [9.17, 15) is 13.2 Å². The van der Waals surface area contributed by atoms with Crippen LogP contribution in [0.25, 0.3) is 5.95 Å². The molecule has 1 aromatic carbocycles.